The fourth-order valence-electron chi connectivity index (χ4n) is 4.33. The molecule has 0 fully saturated rings. The Morgan fingerprint density at radius 1 is 0.788 bits per heavy atom. The van der Waals surface area contributed by atoms with Crippen LogP contribution in [-0.4, -0.2) is 6.04 Å². The zero-order chi connectivity index (χ0) is 25.1. The smallest absolute Gasteiger partial charge is 0.0467 e. The summed E-state index contributed by atoms with van der Waals surface area (Å²) < 4.78 is 0. The average molecular weight is 448 g/mol. The molecule has 0 saturated carbocycles. The topological polar surface area (TPSA) is 12.0 Å². The quantitative estimate of drug-likeness (QED) is 0.377. The molecular weight excluding hydrogens is 398 g/mol. The first-order valence-electron chi connectivity index (χ1n) is 12.6. The molecule has 0 aliphatic carbocycles. The molecule has 1 unspecified atom stereocenters. The molecule has 0 saturated heterocycles. The average Bonchev–Trinajstić information content (AvgIpc) is 2.72. The lowest BCUT2D eigenvalue weighted by atomic mass is 9.73. The fraction of sp³-hybridized carbons (Fsp3) is 0.500. The SMILES string of the molecule is C=C(CC(C)(C)C)NC(CCC)C(=C)CC.CC(C)(C)C(c1ccccc1)c1ccccc1. The van der Waals surface area contributed by atoms with E-state index < -0.39 is 0 Å². The van der Waals surface area contributed by atoms with Crippen LogP contribution in [0.25, 0.3) is 0 Å². The van der Waals surface area contributed by atoms with Crippen molar-refractivity contribution < 1.29 is 0 Å². The molecule has 2 aromatic carbocycles. The Kier molecular flexibility index (Phi) is 11.7. The van der Waals surface area contributed by atoms with Crippen LogP contribution >= 0.6 is 0 Å². The van der Waals surface area contributed by atoms with Gasteiger partial charge in [-0.1, -0.05) is 141 Å². The number of allylic oxidation sites excluding steroid dienone is 1. The number of hydrogen-bond acceptors (Lipinski definition) is 1. The van der Waals surface area contributed by atoms with Crippen LogP contribution in [0.15, 0.2) is 85.1 Å². The van der Waals surface area contributed by atoms with E-state index in [1.54, 1.807) is 0 Å². The van der Waals surface area contributed by atoms with Crippen molar-refractivity contribution in [2.75, 3.05) is 0 Å². The van der Waals surface area contributed by atoms with Gasteiger partial charge in [-0.05, 0) is 41.2 Å². The lowest BCUT2D eigenvalue weighted by Gasteiger charge is -2.31. The van der Waals surface area contributed by atoms with Gasteiger partial charge < -0.3 is 5.32 Å². The summed E-state index contributed by atoms with van der Waals surface area (Å²) in [5.41, 5.74) is 5.74. The van der Waals surface area contributed by atoms with Crippen molar-refractivity contribution in [3.8, 4) is 0 Å². The number of nitrogens with one attached hydrogen (secondary N) is 1. The highest BCUT2D eigenvalue weighted by Crippen LogP contribution is 2.40. The van der Waals surface area contributed by atoms with Gasteiger partial charge in [0.1, 0.15) is 0 Å². The Morgan fingerprint density at radius 3 is 1.58 bits per heavy atom. The molecule has 182 valence electrons. The van der Waals surface area contributed by atoms with E-state index in [1.807, 2.05) is 0 Å². The third kappa shape index (κ3) is 10.9. The van der Waals surface area contributed by atoms with Crippen molar-refractivity contribution >= 4 is 0 Å². The van der Waals surface area contributed by atoms with Gasteiger partial charge in [0.05, 0.1) is 0 Å². The molecular formula is C32H49N. The van der Waals surface area contributed by atoms with Crippen LogP contribution < -0.4 is 5.32 Å². The number of rotatable bonds is 9. The summed E-state index contributed by atoms with van der Waals surface area (Å²) in [6.07, 6.45) is 4.39. The predicted molar refractivity (Wildman–Crippen MR) is 149 cm³/mol. The summed E-state index contributed by atoms with van der Waals surface area (Å²) in [5.74, 6) is 0.449. The van der Waals surface area contributed by atoms with E-state index in [2.05, 4.69) is 135 Å². The molecule has 0 heterocycles. The molecule has 0 bridgehead atoms. The van der Waals surface area contributed by atoms with Gasteiger partial charge in [0.2, 0.25) is 0 Å². The van der Waals surface area contributed by atoms with E-state index in [4.69, 9.17) is 0 Å². The normalized spacial score (nSPS) is 12.5. The highest BCUT2D eigenvalue weighted by molar-refractivity contribution is 5.34. The van der Waals surface area contributed by atoms with Gasteiger partial charge in [-0.15, -0.1) is 0 Å². The fourth-order valence-corrected chi connectivity index (χ4v) is 4.33. The first-order valence-corrected chi connectivity index (χ1v) is 12.6. The first-order chi connectivity index (χ1) is 15.4. The zero-order valence-electron chi connectivity index (χ0n) is 22.7. The summed E-state index contributed by atoms with van der Waals surface area (Å²) in [6.45, 7) is 26.3. The Labute approximate surface area is 205 Å². The van der Waals surface area contributed by atoms with Crippen LogP contribution in [0.3, 0.4) is 0 Å². The number of hydrogen-bond donors (Lipinski definition) is 1. The summed E-state index contributed by atoms with van der Waals surface area (Å²) in [7, 11) is 0. The van der Waals surface area contributed by atoms with Gasteiger partial charge in [-0.2, -0.15) is 0 Å². The highest BCUT2D eigenvalue weighted by atomic mass is 14.9. The lowest BCUT2D eigenvalue weighted by Crippen LogP contribution is -2.31. The molecule has 0 aliphatic rings. The third-order valence-corrected chi connectivity index (χ3v) is 5.78. The molecule has 0 aliphatic heterocycles. The molecule has 0 radical (unpaired) electrons. The number of benzene rings is 2. The van der Waals surface area contributed by atoms with Crippen LogP contribution in [-0.2, 0) is 0 Å². The van der Waals surface area contributed by atoms with Gasteiger partial charge in [-0.3, -0.25) is 0 Å². The van der Waals surface area contributed by atoms with Crippen molar-refractivity contribution in [3.63, 3.8) is 0 Å². The van der Waals surface area contributed by atoms with Crippen LogP contribution in [0.4, 0.5) is 0 Å². The van der Waals surface area contributed by atoms with Crippen molar-refractivity contribution in [1.29, 1.82) is 0 Å². The van der Waals surface area contributed by atoms with Crippen LogP contribution in [0.1, 0.15) is 98.1 Å². The van der Waals surface area contributed by atoms with Gasteiger partial charge in [-0.25, -0.2) is 0 Å². The monoisotopic (exact) mass is 447 g/mol. The second kappa shape index (κ2) is 13.4. The third-order valence-electron chi connectivity index (χ3n) is 5.78. The molecule has 0 spiro atoms. The Hall–Kier alpha value is -2.28. The minimum Gasteiger partial charge on any atom is -0.382 e. The van der Waals surface area contributed by atoms with E-state index in [-0.39, 0.29) is 5.41 Å². The van der Waals surface area contributed by atoms with E-state index in [0.29, 0.717) is 17.4 Å². The maximum absolute atomic E-state index is 4.14. The van der Waals surface area contributed by atoms with Crippen molar-refractivity contribution in [2.24, 2.45) is 10.8 Å². The van der Waals surface area contributed by atoms with E-state index in [1.165, 1.54) is 23.1 Å². The summed E-state index contributed by atoms with van der Waals surface area (Å²) >= 11 is 0. The molecule has 2 rings (SSSR count). The standard InChI is InChI=1S/C17H20.C15H29N/c1-17(2,3)16(14-10-6-4-7-11-14)15-12-8-5-9-13-15;1-8-10-14(12(3)9-2)16-13(4)11-15(5,6)7/h4-13,16H,1-3H3;14,16H,3-4,8-11H2,1-2,5-7H3. The Balaban J connectivity index is 0.000000331. The second-order valence-electron chi connectivity index (χ2n) is 11.5. The minimum atomic E-state index is 0.225. The summed E-state index contributed by atoms with van der Waals surface area (Å²) in [6, 6.07) is 22.0. The van der Waals surface area contributed by atoms with Crippen LogP contribution in [0.2, 0.25) is 0 Å². The molecule has 33 heavy (non-hydrogen) atoms. The first kappa shape index (κ1) is 28.8. The Bertz CT molecular complexity index is 779. The molecule has 1 atom stereocenters. The Morgan fingerprint density at radius 2 is 1.24 bits per heavy atom. The predicted octanol–water partition coefficient (Wildman–Crippen LogP) is 9.53. The molecule has 1 N–H and O–H groups in total. The van der Waals surface area contributed by atoms with Crippen LogP contribution in [0, 0.1) is 10.8 Å². The largest absolute Gasteiger partial charge is 0.382 e. The second-order valence-corrected chi connectivity index (χ2v) is 11.5. The van der Waals surface area contributed by atoms with Gasteiger partial charge >= 0.3 is 0 Å². The van der Waals surface area contributed by atoms with E-state index in [0.717, 1.165) is 25.0 Å². The van der Waals surface area contributed by atoms with Crippen LogP contribution in [0.5, 0.6) is 0 Å². The van der Waals surface area contributed by atoms with E-state index in [9.17, 15) is 0 Å². The molecule has 1 nitrogen and oxygen atoms in total. The maximum Gasteiger partial charge on any atom is 0.0467 e. The molecule has 2 aromatic rings. The van der Waals surface area contributed by atoms with E-state index >= 15 is 0 Å². The molecule has 0 amide bonds. The van der Waals surface area contributed by atoms with Gasteiger partial charge in [0, 0.05) is 17.7 Å². The molecule has 1 heteroatoms. The van der Waals surface area contributed by atoms with Crippen molar-refractivity contribution in [3.05, 3.63) is 96.2 Å². The minimum absolute atomic E-state index is 0.225. The van der Waals surface area contributed by atoms with Crippen molar-refractivity contribution in [1.82, 2.24) is 5.32 Å². The van der Waals surface area contributed by atoms with Gasteiger partial charge in [0.25, 0.3) is 0 Å². The van der Waals surface area contributed by atoms with Gasteiger partial charge in [0.15, 0.2) is 0 Å². The maximum atomic E-state index is 4.14. The summed E-state index contributed by atoms with van der Waals surface area (Å²) in [4.78, 5) is 0. The summed E-state index contributed by atoms with van der Waals surface area (Å²) in [5, 5.41) is 3.53. The zero-order valence-corrected chi connectivity index (χ0v) is 22.7. The molecule has 0 aromatic heterocycles. The lowest BCUT2D eigenvalue weighted by molar-refractivity contribution is 0.358. The van der Waals surface area contributed by atoms with Crippen molar-refractivity contribution in [2.45, 2.75) is 93.0 Å². The highest BCUT2D eigenvalue weighted by Gasteiger charge is 2.27.